The van der Waals surface area contributed by atoms with Crippen LogP contribution in [0.25, 0.3) is 10.9 Å². The number of aromatic amines is 1. The number of H-pyrrole nitrogens is 1. The summed E-state index contributed by atoms with van der Waals surface area (Å²) < 4.78 is 0. The third-order valence-electron chi connectivity index (χ3n) is 4.64. The number of pyridine rings is 1. The summed E-state index contributed by atoms with van der Waals surface area (Å²) in [5.41, 5.74) is 2.52. The van der Waals surface area contributed by atoms with Crippen LogP contribution in [0, 0.1) is 0 Å². The predicted octanol–water partition coefficient (Wildman–Crippen LogP) is 3.31. The molecule has 8 heteroatoms. The van der Waals surface area contributed by atoms with Gasteiger partial charge < -0.3 is 10.0 Å². The molecule has 2 atom stereocenters. The lowest BCUT2D eigenvalue weighted by Gasteiger charge is -2.27. The van der Waals surface area contributed by atoms with Crippen molar-refractivity contribution in [2.45, 2.75) is 37.7 Å². The Bertz CT molecular complexity index is 1020. The molecule has 1 aromatic carbocycles. The maximum Gasteiger partial charge on any atom is 0.232 e. The number of benzene rings is 1. The van der Waals surface area contributed by atoms with Crippen molar-refractivity contribution in [1.82, 2.24) is 15.2 Å². The minimum absolute atomic E-state index is 0.104. The van der Waals surface area contributed by atoms with E-state index >= 15 is 0 Å². The summed E-state index contributed by atoms with van der Waals surface area (Å²) in [6, 6.07) is 9.40. The van der Waals surface area contributed by atoms with Crippen molar-refractivity contribution in [3.05, 3.63) is 53.5 Å². The molecule has 2 unspecified atom stereocenters. The topological polar surface area (TPSA) is 82.1 Å². The molecule has 6 nitrogen and oxygen atoms in total. The van der Waals surface area contributed by atoms with E-state index in [0.29, 0.717) is 16.9 Å². The van der Waals surface area contributed by atoms with Crippen LogP contribution in [0.2, 0.25) is 0 Å². The Morgan fingerprint density at radius 2 is 1.96 bits per heavy atom. The molecular formula is C20H26N4O2P2. The molecule has 2 heterocycles. The Kier molecular flexibility index (Phi) is 5.60. The number of anilines is 1. The number of aliphatic hydroxyl groups is 1. The summed E-state index contributed by atoms with van der Waals surface area (Å²) in [4.78, 5) is 19.0. The van der Waals surface area contributed by atoms with E-state index in [4.69, 9.17) is 0 Å². The molecule has 2 aromatic heterocycles. The molecule has 0 saturated carbocycles. The normalized spacial score (nSPS) is 12.4. The third kappa shape index (κ3) is 4.41. The lowest BCUT2D eigenvalue weighted by Crippen LogP contribution is -2.31. The summed E-state index contributed by atoms with van der Waals surface area (Å²) in [5, 5.41) is 18.5. The van der Waals surface area contributed by atoms with Crippen LogP contribution in [0.1, 0.15) is 37.7 Å². The van der Waals surface area contributed by atoms with Crippen LogP contribution in [0.4, 0.5) is 5.69 Å². The van der Waals surface area contributed by atoms with E-state index in [2.05, 4.69) is 33.7 Å². The molecule has 0 saturated heterocycles. The summed E-state index contributed by atoms with van der Waals surface area (Å²) >= 11 is 0. The number of amides is 1. The number of rotatable bonds is 5. The maximum absolute atomic E-state index is 13.0. The van der Waals surface area contributed by atoms with Gasteiger partial charge in [-0.3, -0.25) is 14.9 Å². The second kappa shape index (κ2) is 7.51. The zero-order valence-electron chi connectivity index (χ0n) is 16.5. The number of fused-ring (bicyclic) bond motifs is 1. The van der Waals surface area contributed by atoms with Crippen LogP contribution in [-0.4, -0.2) is 33.2 Å². The van der Waals surface area contributed by atoms with Crippen molar-refractivity contribution >= 4 is 41.0 Å². The highest BCUT2D eigenvalue weighted by molar-refractivity contribution is 7.38. The van der Waals surface area contributed by atoms with E-state index in [1.807, 2.05) is 37.3 Å². The van der Waals surface area contributed by atoms with E-state index in [-0.39, 0.29) is 17.2 Å². The number of hydrogen-bond acceptors (Lipinski definition) is 4. The average molecular weight is 416 g/mol. The molecule has 28 heavy (non-hydrogen) atoms. The average Bonchev–Trinajstić information content (AvgIpc) is 3.06. The molecule has 1 amide bonds. The van der Waals surface area contributed by atoms with E-state index in [9.17, 15) is 9.90 Å². The predicted molar refractivity (Wildman–Crippen MR) is 119 cm³/mol. The van der Waals surface area contributed by atoms with E-state index in [1.165, 1.54) is 0 Å². The van der Waals surface area contributed by atoms with Gasteiger partial charge in [0.15, 0.2) is 0 Å². The van der Waals surface area contributed by atoms with Gasteiger partial charge in [-0.05, 0) is 45.0 Å². The number of likely N-dealkylation sites (N-methyl/N-ethyl adjacent to an activating group) is 1. The Morgan fingerprint density at radius 1 is 1.25 bits per heavy atom. The first-order valence-corrected chi connectivity index (χ1v) is 10.1. The summed E-state index contributed by atoms with van der Waals surface area (Å²) in [6.45, 7) is 5.43. The first kappa shape index (κ1) is 20.9. The van der Waals surface area contributed by atoms with Crippen LogP contribution < -0.4 is 4.90 Å². The lowest BCUT2D eigenvalue weighted by molar-refractivity contribution is -0.117. The Hall–Kier alpha value is -1.87. The number of hydrogen-bond donors (Lipinski definition) is 2. The first-order chi connectivity index (χ1) is 13.0. The van der Waals surface area contributed by atoms with E-state index in [0.717, 1.165) is 16.6 Å². The van der Waals surface area contributed by atoms with Crippen LogP contribution >= 0.6 is 18.5 Å². The zero-order chi connectivity index (χ0) is 20.7. The molecule has 0 radical (unpaired) electrons. The number of carbonyl (C=O) groups is 1. The lowest BCUT2D eigenvalue weighted by atomic mass is 9.94. The van der Waals surface area contributed by atoms with Gasteiger partial charge in [-0.2, -0.15) is 5.10 Å². The highest BCUT2D eigenvalue weighted by Gasteiger charge is 2.26. The molecule has 0 aliphatic rings. The van der Waals surface area contributed by atoms with Crippen LogP contribution in [0.3, 0.4) is 0 Å². The van der Waals surface area contributed by atoms with Gasteiger partial charge >= 0.3 is 0 Å². The highest BCUT2D eigenvalue weighted by Crippen LogP contribution is 2.37. The van der Waals surface area contributed by atoms with E-state index < -0.39 is 5.60 Å². The molecule has 3 rings (SSSR count). The van der Waals surface area contributed by atoms with Crippen molar-refractivity contribution < 1.29 is 9.90 Å². The molecule has 148 valence electrons. The van der Waals surface area contributed by atoms with Crippen molar-refractivity contribution in [2.75, 3.05) is 11.9 Å². The molecule has 0 fully saturated rings. The van der Waals surface area contributed by atoms with Crippen molar-refractivity contribution in [3.8, 4) is 0 Å². The zero-order valence-corrected chi connectivity index (χ0v) is 18.8. The highest BCUT2D eigenvalue weighted by atomic mass is 31.1. The van der Waals surface area contributed by atoms with Gasteiger partial charge in [-0.15, -0.1) is 18.5 Å². The molecule has 0 aliphatic carbocycles. The maximum atomic E-state index is 13.0. The number of nitrogens with zero attached hydrogens (tertiary/aromatic N) is 3. The second-order valence-corrected chi connectivity index (χ2v) is 10.9. The van der Waals surface area contributed by atoms with Gasteiger partial charge in [0, 0.05) is 29.1 Å². The SMILES string of the molecule is CN(C(=O)Cc1cccc(C(C)(P)P)n1)c1cc2c[nH]nc2cc1C(C)(C)O. The van der Waals surface area contributed by atoms with Crippen LogP contribution in [0.5, 0.6) is 0 Å². The molecular weight excluding hydrogens is 390 g/mol. The third-order valence-corrected chi connectivity index (χ3v) is 5.23. The Morgan fingerprint density at radius 3 is 2.61 bits per heavy atom. The summed E-state index contributed by atoms with van der Waals surface area (Å²) in [7, 11) is 7.19. The second-order valence-electron chi connectivity index (χ2n) is 7.80. The van der Waals surface area contributed by atoms with Gasteiger partial charge in [0.05, 0.1) is 34.6 Å². The number of nitrogens with one attached hydrogen (secondary N) is 1. The first-order valence-electron chi connectivity index (χ1n) is 8.98. The van der Waals surface area contributed by atoms with Crippen LogP contribution in [-0.2, 0) is 21.7 Å². The summed E-state index contributed by atoms with van der Waals surface area (Å²) in [6.07, 6.45) is 1.94. The Balaban J connectivity index is 1.93. The fourth-order valence-electron chi connectivity index (χ4n) is 3.03. The van der Waals surface area contributed by atoms with Crippen LogP contribution in [0.15, 0.2) is 36.5 Å². The largest absolute Gasteiger partial charge is 0.386 e. The van der Waals surface area contributed by atoms with Gasteiger partial charge in [-0.1, -0.05) is 6.07 Å². The van der Waals surface area contributed by atoms with Crippen molar-refractivity contribution in [1.29, 1.82) is 0 Å². The monoisotopic (exact) mass is 416 g/mol. The van der Waals surface area contributed by atoms with E-state index in [1.54, 1.807) is 32.0 Å². The fourth-order valence-corrected chi connectivity index (χ4v) is 3.35. The molecule has 3 aromatic rings. The minimum atomic E-state index is -1.12. The number of carbonyl (C=O) groups excluding carboxylic acids is 1. The van der Waals surface area contributed by atoms with Gasteiger partial charge in [0.2, 0.25) is 5.91 Å². The number of aromatic nitrogens is 3. The van der Waals surface area contributed by atoms with Gasteiger partial charge in [0.25, 0.3) is 0 Å². The van der Waals surface area contributed by atoms with Crippen molar-refractivity contribution in [3.63, 3.8) is 0 Å². The smallest absolute Gasteiger partial charge is 0.232 e. The summed E-state index contributed by atoms with van der Waals surface area (Å²) in [5.74, 6) is -0.104. The molecule has 2 N–H and O–H groups in total. The quantitative estimate of drug-likeness (QED) is 0.626. The fraction of sp³-hybridized carbons (Fsp3) is 0.350. The molecule has 0 aliphatic heterocycles. The van der Waals surface area contributed by atoms with Gasteiger partial charge in [-0.25, -0.2) is 0 Å². The standard InChI is InChI=1S/C20H26N4O2P2/c1-19(2,26)14-10-15-12(11-21-23-15)8-16(14)24(4)18(25)9-13-6-5-7-17(22-13)20(3,27)28/h5-8,10-11,26H,9,27-28H2,1-4H3,(H,21,23). The van der Waals surface area contributed by atoms with Crippen molar-refractivity contribution in [2.24, 2.45) is 0 Å². The van der Waals surface area contributed by atoms with Gasteiger partial charge in [0.1, 0.15) is 0 Å². The molecule has 0 spiro atoms. The minimum Gasteiger partial charge on any atom is -0.386 e. The molecule has 0 bridgehead atoms. The Labute approximate surface area is 169 Å².